The molecule has 0 N–H and O–H groups in total. The fourth-order valence-corrected chi connectivity index (χ4v) is 2.10. The molecule has 1 aliphatic heterocycles. The molecule has 0 amide bonds. The van der Waals surface area contributed by atoms with Crippen molar-refractivity contribution in [2.45, 2.75) is 0 Å². The van der Waals surface area contributed by atoms with Crippen molar-refractivity contribution in [2.75, 3.05) is 37.6 Å². The van der Waals surface area contributed by atoms with Gasteiger partial charge in [0.1, 0.15) is 5.69 Å². The van der Waals surface area contributed by atoms with Crippen molar-refractivity contribution >= 4 is 5.69 Å². The van der Waals surface area contributed by atoms with Gasteiger partial charge in [0, 0.05) is 26.2 Å². The van der Waals surface area contributed by atoms with E-state index < -0.39 is 34.8 Å². The number of nitrogens with zero attached hydrogens (tertiary/aromatic N) is 3. The summed E-state index contributed by atoms with van der Waals surface area (Å²) in [6, 6.07) is 1.93. The molecule has 1 aromatic carbocycles. The number of hydrogen-bond acceptors (Lipinski definition) is 3. The maximum atomic E-state index is 13.6. The lowest BCUT2D eigenvalue weighted by molar-refractivity contribution is 0.283. The Balaban J connectivity index is 2.29. The largest absolute Gasteiger partial charge is 0.364 e. The lowest BCUT2D eigenvalue weighted by Crippen LogP contribution is -2.47. The lowest BCUT2D eigenvalue weighted by Gasteiger charge is -2.35. The monoisotopic (exact) mass is 291 g/mol. The van der Waals surface area contributed by atoms with Crippen LogP contribution in [-0.2, 0) is 0 Å². The average Bonchev–Trinajstić information content (AvgIpc) is 2.45. The molecular weight excluding hydrogens is 281 g/mol. The highest BCUT2D eigenvalue weighted by atomic mass is 19.2. The molecule has 0 spiro atoms. The second kappa shape index (κ2) is 5.63. The van der Waals surface area contributed by atoms with Crippen LogP contribution in [-0.4, -0.2) is 37.6 Å². The standard InChI is InChI=1S/C12H10F5N3/c13-7-8(14)10(16)12(11(17)9(7)15)20-5-3-19(2-1-18)4-6-20/h2-6H2. The van der Waals surface area contributed by atoms with E-state index in [-0.39, 0.29) is 19.6 Å². The van der Waals surface area contributed by atoms with Gasteiger partial charge in [-0.25, -0.2) is 22.0 Å². The molecule has 0 bridgehead atoms. The summed E-state index contributed by atoms with van der Waals surface area (Å²) in [4.78, 5) is 2.83. The van der Waals surface area contributed by atoms with Gasteiger partial charge in [-0.15, -0.1) is 0 Å². The minimum atomic E-state index is -2.16. The number of piperazine rings is 1. The first kappa shape index (κ1) is 14.5. The Morgan fingerprint density at radius 3 is 1.70 bits per heavy atom. The fourth-order valence-electron chi connectivity index (χ4n) is 2.10. The van der Waals surface area contributed by atoms with Crippen molar-refractivity contribution < 1.29 is 22.0 Å². The molecule has 0 atom stereocenters. The van der Waals surface area contributed by atoms with E-state index in [1.807, 2.05) is 6.07 Å². The van der Waals surface area contributed by atoms with Crippen LogP contribution < -0.4 is 4.90 Å². The Morgan fingerprint density at radius 2 is 1.25 bits per heavy atom. The second-order valence-corrected chi connectivity index (χ2v) is 4.34. The van der Waals surface area contributed by atoms with Gasteiger partial charge in [0.25, 0.3) is 0 Å². The molecule has 1 aliphatic rings. The SMILES string of the molecule is N#CCN1CCN(c2c(F)c(F)c(F)c(F)c2F)CC1. The Labute approximate surface area is 111 Å². The lowest BCUT2D eigenvalue weighted by atomic mass is 10.2. The summed E-state index contributed by atoms with van der Waals surface area (Å²) in [6.45, 7) is 0.950. The first-order chi connectivity index (χ1) is 9.47. The van der Waals surface area contributed by atoms with Crippen LogP contribution in [0, 0.1) is 40.4 Å². The molecule has 2 rings (SSSR count). The van der Waals surface area contributed by atoms with Gasteiger partial charge >= 0.3 is 0 Å². The molecule has 0 saturated carbocycles. The maximum absolute atomic E-state index is 13.6. The minimum absolute atomic E-state index is 0.0834. The molecule has 8 heteroatoms. The maximum Gasteiger partial charge on any atom is 0.200 e. The molecule has 0 radical (unpaired) electrons. The van der Waals surface area contributed by atoms with Gasteiger partial charge in [-0.1, -0.05) is 0 Å². The summed E-state index contributed by atoms with van der Waals surface area (Å²) < 4.78 is 66.4. The van der Waals surface area contributed by atoms with Crippen LogP contribution in [0.4, 0.5) is 27.6 Å². The quantitative estimate of drug-likeness (QED) is 0.361. The Kier molecular flexibility index (Phi) is 4.09. The van der Waals surface area contributed by atoms with E-state index in [0.717, 1.165) is 4.90 Å². The van der Waals surface area contributed by atoms with Crippen LogP contribution in [0.2, 0.25) is 0 Å². The zero-order valence-electron chi connectivity index (χ0n) is 10.3. The van der Waals surface area contributed by atoms with Crippen LogP contribution in [0.15, 0.2) is 0 Å². The van der Waals surface area contributed by atoms with E-state index in [2.05, 4.69) is 0 Å². The summed E-state index contributed by atoms with van der Waals surface area (Å²) >= 11 is 0. The van der Waals surface area contributed by atoms with Gasteiger partial charge in [-0.3, -0.25) is 4.90 Å². The van der Waals surface area contributed by atoms with Crippen LogP contribution in [0.25, 0.3) is 0 Å². The Bertz CT molecular complexity index is 532. The van der Waals surface area contributed by atoms with Crippen LogP contribution in [0.3, 0.4) is 0 Å². The second-order valence-electron chi connectivity index (χ2n) is 4.34. The number of anilines is 1. The van der Waals surface area contributed by atoms with Gasteiger partial charge in [-0.2, -0.15) is 5.26 Å². The van der Waals surface area contributed by atoms with Crippen molar-refractivity contribution in [3.05, 3.63) is 29.1 Å². The predicted molar refractivity (Wildman–Crippen MR) is 60.5 cm³/mol. The van der Waals surface area contributed by atoms with Gasteiger partial charge in [0.05, 0.1) is 12.6 Å². The number of rotatable bonds is 2. The molecule has 3 nitrogen and oxygen atoms in total. The van der Waals surface area contributed by atoms with Gasteiger partial charge in [-0.05, 0) is 0 Å². The third-order valence-electron chi connectivity index (χ3n) is 3.17. The summed E-state index contributed by atoms with van der Waals surface area (Å²) in [7, 11) is 0. The molecule has 1 aromatic rings. The van der Waals surface area contributed by atoms with E-state index >= 15 is 0 Å². The van der Waals surface area contributed by atoms with E-state index in [0.29, 0.717) is 13.1 Å². The third kappa shape index (κ3) is 2.41. The zero-order chi connectivity index (χ0) is 14.9. The van der Waals surface area contributed by atoms with Gasteiger partial charge in [0.2, 0.25) is 5.82 Å². The number of hydrogen-bond donors (Lipinski definition) is 0. The molecule has 1 heterocycles. The fraction of sp³-hybridized carbons (Fsp3) is 0.417. The zero-order valence-corrected chi connectivity index (χ0v) is 10.3. The topological polar surface area (TPSA) is 30.3 Å². The van der Waals surface area contributed by atoms with Crippen LogP contribution in [0.1, 0.15) is 0 Å². The molecule has 1 saturated heterocycles. The van der Waals surface area contributed by atoms with Crippen molar-refractivity contribution in [2.24, 2.45) is 0 Å². The summed E-state index contributed by atoms with van der Waals surface area (Å²) in [5, 5.41) is 8.53. The van der Waals surface area contributed by atoms with Crippen molar-refractivity contribution in [1.82, 2.24) is 4.90 Å². The summed E-state index contributed by atoms with van der Waals surface area (Å²) in [6.07, 6.45) is 0. The van der Waals surface area contributed by atoms with E-state index in [1.54, 1.807) is 4.90 Å². The predicted octanol–water partition coefficient (Wildman–Crippen LogP) is 2.03. The van der Waals surface area contributed by atoms with E-state index in [4.69, 9.17) is 5.26 Å². The Hall–Kier alpha value is -1.88. The van der Waals surface area contributed by atoms with Crippen LogP contribution in [0.5, 0.6) is 0 Å². The number of nitriles is 1. The number of halogens is 5. The summed E-state index contributed by atoms with van der Waals surface area (Å²) in [5.74, 6) is -9.70. The molecule has 0 unspecified atom stereocenters. The van der Waals surface area contributed by atoms with Gasteiger partial charge in [0.15, 0.2) is 23.3 Å². The highest BCUT2D eigenvalue weighted by Gasteiger charge is 2.30. The van der Waals surface area contributed by atoms with Crippen molar-refractivity contribution in [1.29, 1.82) is 5.26 Å². The third-order valence-corrected chi connectivity index (χ3v) is 3.17. The molecule has 20 heavy (non-hydrogen) atoms. The highest BCUT2D eigenvalue weighted by Crippen LogP contribution is 2.30. The van der Waals surface area contributed by atoms with Crippen molar-refractivity contribution in [3.63, 3.8) is 0 Å². The first-order valence-electron chi connectivity index (χ1n) is 5.83. The van der Waals surface area contributed by atoms with Gasteiger partial charge < -0.3 is 4.90 Å². The first-order valence-corrected chi connectivity index (χ1v) is 5.83. The summed E-state index contributed by atoms with van der Waals surface area (Å²) in [5.41, 5.74) is -0.905. The molecule has 0 aliphatic carbocycles. The smallest absolute Gasteiger partial charge is 0.200 e. The van der Waals surface area contributed by atoms with E-state index in [9.17, 15) is 22.0 Å². The van der Waals surface area contributed by atoms with E-state index in [1.165, 1.54) is 0 Å². The normalized spacial score (nSPS) is 16.3. The molecular formula is C12H10F5N3. The molecule has 1 fully saturated rings. The molecule has 108 valence electrons. The minimum Gasteiger partial charge on any atom is -0.364 e. The Morgan fingerprint density at radius 1 is 0.800 bits per heavy atom. The van der Waals surface area contributed by atoms with Crippen LogP contribution >= 0.6 is 0 Å². The highest BCUT2D eigenvalue weighted by molar-refractivity contribution is 5.51. The molecule has 0 aromatic heterocycles. The average molecular weight is 291 g/mol. The van der Waals surface area contributed by atoms with Crippen molar-refractivity contribution in [3.8, 4) is 6.07 Å². The number of benzene rings is 1.